The summed E-state index contributed by atoms with van der Waals surface area (Å²) < 4.78 is 0. The van der Waals surface area contributed by atoms with Crippen LogP contribution in [0.1, 0.15) is 39.7 Å². The molecule has 1 fully saturated rings. The molecule has 32 heavy (non-hydrogen) atoms. The number of nitrogens with zero attached hydrogens (tertiary/aromatic N) is 2. The van der Waals surface area contributed by atoms with Crippen LogP contribution in [0, 0.1) is 22.7 Å². The monoisotopic (exact) mass is 426 g/mol. The summed E-state index contributed by atoms with van der Waals surface area (Å²) in [5.74, 6) is -0.640. The van der Waals surface area contributed by atoms with Crippen LogP contribution in [0.5, 0.6) is 0 Å². The fourth-order valence-corrected chi connectivity index (χ4v) is 5.04. The van der Waals surface area contributed by atoms with E-state index in [9.17, 15) is 9.59 Å². The molecule has 1 amide bonds. The SMILES string of the molecule is C/C=C/[C@H]1CC(=O)[C@]2(C(=O)N(c3ccccc3)N=C2C(C)(C)C)[C@@H]1/C=C/c1ccccc1. The number of hydrogen-bond acceptors (Lipinski definition) is 3. The Bertz CT molecular complexity index is 1090. The number of Topliss-reactive ketones (excluding diaryl/α,β-unsaturated/α-hetero) is 1. The molecule has 1 aliphatic heterocycles. The third-order valence-corrected chi connectivity index (χ3v) is 6.37. The summed E-state index contributed by atoms with van der Waals surface area (Å²) in [5, 5.41) is 6.26. The van der Waals surface area contributed by atoms with Crippen molar-refractivity contribution in [3.63, 3.8) is 0 Å². The summed E-state index contributed by atoms with van der Waals surface area (Å²) in [6.45, 7) is 8.05. The summed E-state index contributed by atoms with van der Waals surface area (Å²) in [6.07, 6.45) is 8.45. The first-order chi connectivity index (χ1) is 15.3. The summed E-state index contributed by atoms with van der Waals surface area (Å²) in [5.41, 5.74) is 0.644. The van der Waals surface area contributed by atoms with Gasteiger partial charge in [-0.3, -0.25) is 9.59 Å². The van der Waals surface area contributed by atoms with E-state index < -0.39 is 10.8 Å². The van der Waals surface area contributed by atoms with Gasteiger partial charge in [0, 0.05) is 17.8 Å². The summed E-state index contributed by atoms with van der Waals surface area (Å²) >= 11 is 0. The van der Waals surface area contributed by atoms with E-state index in [2.05, 4.69) is 12.2 Å². The van der Waals surface area contributed by atoms with Crippen LogP contribution in [-0.2, 0) is 9.59 Å². The maximum atomic E-state index is 14.1. The molecular weight excluding hydrogens is 396 g/mol. The second-order valence-corrected chi connectivity index (χ2v) is 9.57. The summed E-state index contributed by atoms with van der Waals surface area (Å²) in [4.78, 5) is 27.9. The Morgan fingerprint density at radius 2 is 1.59 bits per heavy atom. The minimum absolute atomic E-state index is 0.0413. The lowest BCUT2D eigenvalue weighted by Crippen LogP contribution is -2.51. The fraction of sp³-hybridized carbons (Fsp3) is 0.321. The van der Waals surface area contributed by atoms with Crippen molar-refractivity contribution in [2.45, 2.75) is 34.1 Å². The van der Waals surface area contributed by atoms with E-state index in [1.54, 1.807) is 0 Å². The molecule has 0 radical (unpaired) electrons. The van der Waals surface area contributed by atoms with Gasteiger partial charge >= 0.3 is 0 Å². The smallest absolute Gasteiger partial charge is 0.267 e. The van der Waals surface area contributed by atoms with Gasteiger partial charge in [-0.2, -0.15) is 10.1 Å². The Kier molecular flexibility index (Phi) is 5.72. The Labute approximate surface area is 190 Å². The molecule has 3 atom stereocenters. The van der Waals surface area contributed by atoms with Crippen molar-refractivity contribution in [3.8, 4) is 0 Å². The van der Waals surface area contributed by atoms with Gasteiger partial charge in [0.15, 0.2) is 11.2 Å². The number of rotatable bonds is 4. The molecule has 164 valence electrons. The molecule has 1 spiro atoms. The van der Waals surface area contributed by atoms with Crippen molar-refractivity contribution in [1.29, 1.82) is 0 Å². The Balaban J connectivity index is 1.89. The lowest BCUT2D eigenvalue weighted by atomic mass is 9.64. The molecule has 1 aliphatic carbocycles. The van der Waals surface area contributed by atoms with Gasteiger partial charge in [0.05, 0.1) is 11.4 Å². The van der Waals surface area contributed by atoms with E-state index in [-0.39, 0.29) is 23.5 Å². The molecule has 4 nitrogen and oxygen atoms in total. The lowest BCUT2D eigenvalue weighted by molar-refractivity contribution is -0.134. The van der Waals surface area contributed by atoms with Crippen LogP contribution >= 0.6 is 0 Å². The number of hydrogen-bond donors (Lipinski definition) is 0. The number of allylic oxidation sites excluding steroid dienone is 3. The van der Waals surface area contributed by atoms with Gasteiger partial charge in [0.2, 0.25) is 0 Å². The number of benzene rings is 2. The third kappa shape index (κ3) is 3.54. The van der Waals surface area contributed by atoms with Gasteiger partial charge in [0.1, 0.15) is 0 Å². The van der Waals surface area contributed by atoms with Crippen LogP contribution in [0.25, 0.3) is 6.08 Å². The topological polar surface area (TPSA) is 49.7 Å². The largest absolute Gasteiger partial charge is 0.298 e. The van der Waals surface area contributed by atoms with Gasteiger partial charge < -0.3 is 0 Å². The van der Waals surface area contributed by atoms with E-state index >= 15 is 0 Å². The minimum atomic E-state index is -1.29. The lowest BCUT2D eigenvalue weighted by Gasteiger charge is -2.34. The highest BCUT2D eigenvalue weighted by atomic mass is 16.2. The molecule has 4 rings (SSSR count). The Morgan fingerprint density at radius 3 is 2.19 bits per heavy atom. The zero-order valence-electron chi connectivity index (χ0n) is 19.2. The number of para-hydroxylation sites is 1. The van der Waals surface area contributed by atoms with Gasteiger partial charge in [0.25, 0.3) is 5.91 Å². The molecule has 2 aliphatic rings. The maximum Gasteiger partial charge on any atom is 0.267 e. The van der Waals surface area contributed by atoms with Crippen LogP contribution in [0.4, 0.5) is 5.69 Å². The molecule has 0 bridgehead atoms. The molecule has 0 unspecified atom stereocenters. The van der Waals surface area contributed by atoms with Crippen LogP contribution in [0.2, 0.25) is 0 Å². The Hall–Kier alpha value is -3.27. The number of hydrazone groups is 1. The van der Waals surface area contributed by atoms with Crippen LogP contribution in [-0.4, -0.2) is 17.4 Å². The van der Waals surface area contributed by atoms with Gasteiger partial charge in [-0.05, 0) is 30.5 Å². The molecule has 0 aromatic heterocycles. The standard InChI is InChI=1S/C28H30N2O2/c1-5-12-21-19-24(31)28(23(21)18-17-20-13-8-6-9-14-20)25(27(2,3)4)29-30(26(28)32)22-15-10-7-11-16-22/h5-18,21,23H,19H2,1-4H3/b12-5+,18-17+/t21-,23+,28+/m0/s1. The first-order valence-electron chi connectivity index (χ1n) is 11.2. The zero-order chi connectivity index (χ0) is 22.9. The highest BCUT2D eigenvalue weighted by Crippen LogP contribution is 2.54. The highest BCUT2D eigenvalue weighted by molar-refractivity contribution is 6.34. The number of amides is 1. The number of anilines is 1. The highest BCUT2D eigenvalue weighted by Gasteiger charge is 2.67. The van der Waals surface area contributed by atoms with Crippen LogP contribution in [0.15, 0.2) is 84.0 Å². The quantitative estimate of drug-likeness (QED) is 0.450. The van der Waals surface area contributed by atoms with E-state index in [0.717, 1.165) is 5.56 Å². The van der Waals surface area contributed by atoms with E-state index in [1.165, 1.54) is 5.01 Å². The van der Waals surface area contributed by atoms with Gasteiger partial charge in [-0.15, -0.1) is 0 Å². The second kappa shape index (κ2) is 8.34. The zero-order valence-corrected chi connectivity index (χ0v) is 19.2. The maximum absolute atomic E-state index is 14.1. The van der Waals surface area contributed by atoms with Crippen molar-refractivity contribution in [2.24, 2.45) is 27.8 Å². The van der Waals surface area contributed by atoms with Crippen molar-refractivity contribution in [1.82, 2.24) is 0 Å². The van der Waals surface area contributed by atoms with E-state index in [1.807, 2.05) is 101 Å². The number of carbonyl (C=O) groups is 2. The molecular formula is C28H30N2O2. The van der Waals surface area contributed by atoms with Crippen molar-refractivity contribution < 1.29 is 9.59 Å². The number of ketones is 1. The van der Waals surface area contributed by atoms with Gasteiger partial charge in [-0.25, -0.2) is 0 Å². The molecule has 1 saturated carbocycles. The normalized spacial score (nSPS) is 26.1. The second-order valence-electron chi connectivity index (χ2n) is 9.57. The van der Waals surface area contributed by atoms with Crippen molar-refractivity contribution in [3.05, 3.63) is 84.5 Å². The predicted molar refractivity (Wildman–Crippen MR) is 130 cm³/mol. The average Bonchev–Trinajstić information content (AvgIpc) is 3.23. The van der Waals surface area contributed by atoms with Crippen LogP contribution in [0.3, 0.4) is 0 Å². The minimum Gasteiger partial charge on any atom is -0.298 e. The van der Waals surface area contributed by atoms with Crippen molar-refractivity contribution >= 4 is 29.2 Å². The number of carbonyl (C=O) groups excluding carboxylic acids is 2. The Morgan fingerprint density at radius 1 is 0.969 bits per heavy atom. The summed E-state index contributed by atoms with van der Waals surface area (Å²) in [7, 11) is 0. The van der Waals surface area contributed by atoms with E-state index in [0.29, 0.717) is 17.8 Å². The molecule has 0 N–H and O–H groups in total. The first-order valence-corrected chi connectivity index (χ1v) is 11.2. The van der Waals surface area contributed by atoms with E-state index in [4.69, 9.17) is 5.10 Å². The molecule has 0 saturated heterocycles. The van der Waals surface area contributed by atoms with Crippen LogP contribution < -0.4 is 5.01 Å². The molecule has 1 heterocycles. The predicted octanol–water partition coefficient (Wildman–Crippen LogP) is 5.92. The third-order valence-electron chi connectivity index (χ3n) is 6.37. The fourth-order valence-electron chi connectivity index (χ4n) is 5.04. The first kappa shape index (κ1) is 21.9. The molecule has 2 aromatic rings. The van der Waals surface area contributed by atoms with Gasteiger partial charge in [-0.1, -0.05) is 93.6 Å². The molecule has 2 aromatic carbocycles. The molecule has 4 heteroatoms. The average molecular weight is 427 g/mol. The summed E-state index contributed by atoms with van der Waals surface area (Å²) in [6, 6.07) is 19.4. The van der Waals surface area contributed by atoms with Crippen molar-refractivity contribution in [2.75, 3.05) is 5.01 Å².